The number of rotatable bonds is 2. The Bertz CT molecular complexity index is 717. The predicted octanol–water partition coefficient (Wildman–Crippen LogP) is 0.798. The van der Waals surface area contributed by atoms with Crippen molar-refractivity contribution in [3.05, 3.63) is 46.5 Å². The van der Waals surface area contributed by atoms with Gasteiger partial charge in [-0.1, -0.05) is 17.7 Å². The first kappa shape index (κ1) is 13.2. The summed E-state index contributed by atoms with van der Waals surface area (Å²) in [4.78, 5) is 37.5. The highest BCUT2D eigenvalue weighted by Gasteiger charge is 2.45. The zero-order valence-electron chi connectivity index (χ0n) is 11.7. The zero-order valence-corrected chi connectivity index (χ0v) is 11.7. The van der Waals surface area contributed by atoms with Crippen molar-refractivity contribution in [1.29, 1.82) is 0 Å². The van der Waals surface area contributed by atoms with Gasteiger partial charge in [-0.3, -0.25) is 24.6 Å². The molecule has 0 saturated carbocycles. The number of benzene rings is 1. The van der Waals surface area contributed by atoms with E-state index in [-0.39, 0.29) is 17.9 Å². The molecule has 2 N–H and O–H groups in total. The topological polar surface area (TPSA) is 86.7 Å². The molecule has 2 aliphatic heterocycles. The van der Waals surface area contributed by atoms with Crippen LogP contribution in [0.3, 0.4) is 0 Å². The van der Waals surface area contributed by atoms with Crippen molar-refractivity contribution < 1.29 is 19.5 Å². The lowest BCUT2D eigenvalue weighted by Crippen LogP contribution is -2.41. The molecule has 3 aliphatic rings. The highest BCUT2D eigenvalue weighted by molar-refractivity contribution is 6.21. The van der Waals surface area contributed by atoms with Gasteiger partial charge in [-0.05, 0) is 30.5 Å². The molecule has 0 saturated heterocycles. The van der Waals surface area contributed by atoms with E-state index < -0.39 is 12.0 Å². The number of nitrogens with zero attached hydrogens (tertiary/aromatic N) is 1. The Hall–Kier alpha value is -2.47. The molecular weight excluding hydrogens is 284 g/mol. The molecule has 1 aliphatic carbocycles. The lowest BCUT2D eigenvalue weighted by atomic mass is 10.1. The van der Waals surface area contributed by atoms with Gasteiger partial charge in [-0.25, -0.2) is 0 Å². The fraction of sp³-hybridized carbons (Fsp3) is 0.312. The summed E-state index contributed by atoms with van der Waals surface area (Å²) in [6.45, 7) is 0.520. The quantitative estimate of drug-likeness (QED) is 0.623. The molecule has 1 aromatic rings. The number of carboxylic acids is 1. The molecule has 4 rings (SSSR count). The van der Waals surface area contributed by atoms with Crippen molar-refractivity contribution in [1.82, 2.24) is 10.2 Å². The maximum atomic E-state index is 12.5. The van der Waals surface area contributed by atoms with Gasteiger partial charge in [0.2, 0.25) is 0 Å². The average Bonchev–Trinajstić information content (AvgIpc) is 3.12. The molecule has 0 radical (unpaired) electrons. The first-order chi connectivity index (χ1) is 10.6. The first-order valence-corrected chi connectivity index (χ1v) is 7.22. The van der Waals surface area contributed by atoms with Gasteiger partial charge in [0.1, 0.15) is 6.04 Å². The molecule has 2 amide bonds. The minimum atomic E-state index is -0.909. The van der Waals surface area contributed by atoms with Gasteiger partial charge >= 0.3 is 5.97 Å². The standard InChI is InChI=1S/C16H14N2O4/c19-14-10-3-1-2-4-11(10)15(20)18(14)9-5-8-7-17-13(16(21)22)12(8)6-9/h1-4,9,13,17H,5-7H2,(H,21,22). The number of imide groups is 1. The van der Waals surface area contributed by atoms with E-state index in [0.29, 0.717) is 30.5 Å². The van der Waals surface area contributed by atoms with Crippen molar-refractivity contribution in [2.75, 3.05) is 6.54 Å². The van der Waals surface area contributed by atoms with Crippen molar-refractivity contribution in [3.63, 3.8) is 0 Å². The fourth-order valence-electron chi connectivity index (χ4n) is 3.70. The molecule has 2 atom stereocenters. The molecule has 0 bridgehead atoms. The number of hydrogen-bond donors (Lipinski definition) is 2. The van der Waals surface area contributed by atoms with Crippen molar-refractivity contribution in [2.24, 2.45) is 0 Å². The Kier molecular flexibility index (Phi) is 2.71. The average molecular weight is 298 g/mol. The Balaban J connectivity index is 1.61. The molecular formula is C16H14N2O4. The van der Waals surface area contributed by atoms with Crippen LogP contribution < -0.4 is 5.32 Å². The number of carbonyl (C=O) groups excluding carboxylic acids is 2. The third-order valence-electron chi connectivity index (χ3n) is 4.70. The van der Waals surface area contributed by atoms with Crippen molar-refractivity contribution in [2.45, 2.75) is 24.9 Å². The van der Waals surface area contributed by atoms with Gasteiger partial charge in [-0.2, -0.15) is 0 Å². The third-order valence-corrected chi connectivity index (χ3v) is 4.70. The van der Waals surface area contributed by atoms with E-state index in [0.717, 1.165) is 11.1 Å². The number of aliphatic carboxylic acids is 1. The Labute approximate surface area is 126 Å². The number of fused-ring (bicyclic) bond motifs is 1. The summed E-state index contributed by atoms with van der Waals surface area (Å²) in [6.07, 6.45) is 1.02. The van der Waals surface area contributed by atoms with Crippen LogP contribution in [0.4, 0.5) is 0 Å². The lowest BCUT2D eigenvalue weighted by molar-refractivity contribution is -0.138. The molecule has 1 aromatic carbocycles. The Morgan fingerprint density at radius 3 is 2.36 bits per heavy atom. The van der Waals surface area contributed by atoms with E-state index in [4.69, 9.17) is 0 Å². The van der Waals surface area contributed by atoms with E-state index in [1.165, 1.54) is 4.90 Å². The van der Waals surface area contributed by atoms with Crippen LogP contribution in [0, 0.1) is 0 Å². The summed E-state index contributed by atoms with van der Waals surface area (Å²) in [5.74, 6) is -1.45. The molecule has 2 unspecified atom stereocenters. The molecule has 0 aromatic heterocycles. The lowest BCUT2D eigenvalue weighted by Gasteiger charge is -2.24. The predicted molar refractivity (Wildman–Crippen MR) is 76.4 cm³/mol. The number of hydrogen-bond acceptors (Lipinski definition) is 4. The van der Waals surface area contributed by atoms with Gasteiger partial charge < -0.3 is 5.11 Å². The van der Waals surface area contributed by atoms with Crippen LogP contribution >= 0.6 is 0 Å². The maximum Gasteiger partial charge on any atom is 0.325 e. The smallest absolute Gasteiger partial charge is 0.325 e. The third kappa shape index (κ3) is 1.67. The van der Waals surface area contributed by atoms with Gasteiger partial charge in [-0.15, -0.1) is 0 Å². The van der Waals surface area contributed by atoms with Gasteiger partial charge in [0.05, 0.1) is 11.1 Å². The van der Waals surface area contributed by atoms with Gasteiger partial charge in [0.25, 0.3) is 11.8 Å². The minimum Gasteiger partial charge on any atom is -0.480 e. The number of carboxylic acid groups (broad SMARTS) is 1. The van der Waals surface area contributed by atoms with Crippen molar-refractivity contribution >= 4 is 17.8 Å². The van der Waals surface area contributed by atoms with Crippen LogP contribution in [-0.4, -0.2) is 46.4 Å². The van der Waals surface area contributed by atoms with E-state index in [2.05, 4.69) is 5.32 Å². The fourth-order valence-corrected chi connectivity index (χ4v) is 3.70. The van der Waals surface area contributed by atoms with Crippen LogP contribution in [0.5, 0.6) is 0 Å². The molecule has 6 heteroatoms. The Morgan fingerprint density at radius 2 is 1.77 bits per heavy atom. The second-order valence-electron chi connectivity index (χ2n) is 5.87. The molecule has 112 valence electrons. The summed E-state index contributed by atoms with van der Waals surface area (Å²) in [5.41, 5.74) is 2.72. The van der Waals surface area contributed by atoms with Gasteiger partial charge in [0.15, 0.2) is 0 Å². The van der Waals surface area contributed by atoms with Crippen LogP contribution in [0.15, 0.2) is 35.4 Å². The van der Waals surface area contributed by atoms with Crippen LogP contribution in [0.25, 0.3) is 0 Å². The zero-order chi connectivity index (χ0) is 15.4. The van der Waals surface area contributed by atoms with E-state index in [1.54, 1.807) is 24.3 Å². The van der Waals surface area contributed by atoms with Crippen molar-refractivity contribution in [3.8, 4) is 0 Å². The Morgan fingerprint density at radius 1 is 1.14 bits per heavy atom. The highest BCUT2D eigenvalue weighted by Crippen LogP contribution is 2.38. The minimum absolute atomic E-state index is 0.263. The molecule has 0 spiro atoms. The van der Waals surface area contributed by atoms with Crippen LogP contribution in [0.2, 0.25) is 0 Å². The SMILES string of the molecule is O=C(O)C1NCC2=C1CC(N1C(=O)c3ccccc3C1=O)C2. The van der Waals surface area contributed by atoms with E-state index >= 15 is 0 Å². The second-order valence-corrected chi connectivity index (χ2v) is 5.87. The maximum absolute atomic E-state index is 12.5. The summed E-state index contributed by atoms with van der Waals surface area (Å²) < 4.78 is 0. The monoisotopic (exact) mass is 298 g/mol. The second kappa shape index (κ2) is 4.51. The first-order valence-electron chi connectivity index (χ1n) is 7.22. The summed E-state index contributed by atoms with van der Waals surface area (Å²) >= 11 is 0. The number of carbonyl (C=O) groups is 3. The largest absolute Gasteiger partial charge is 0.480 e. The number of nitrogens with one attached hydrogen (secondary N) is 1. The van der Waals surface area contributed by atoms with Crippen LogP contribution in [0.1, 0.15) is 33.6 Å². The molecule has 22 heavy (non-hydrogen) atoms. The number of amides is 2. The highest BCUT2D eigenvalue weighted by atomic mass is 16.4. The van der Waals surface area contributed by atoms with E-state index in [1.807, 2.05) is 0 Å². The summed E-state index contributed by atoms with van der Waals surface area (Å²) in [6, 6.07) is 5.85. The van der Waals surface area contributed by atoms with Crippen LogP contribution in [-0.2, 0) is 4.79 Å². The molecule has 6 nitrogen and oxygen atoms in total. The summed E-state index contributed by atoms with van der Waals surface area (Å²) in [5, 5.41) is 12.2. The molecule has 2 heterocycles. The normalized spacial score (nSPS) is 26.6. The van der Waals surface area contributed by atoms with Gasteiger partial charge in [0, 0.05) is 12.6 Å². The summed E-state index contributed by atoms with van der Waals surface area (Å²) in [7, 11) is 0. The molecule has 0 fully saturated rings. The van der Waals surface area contributed by atoms with E-state index in [9.17, 15) is 19.5 Å².